The number of esters is 1. The maximum atomic E-state index is 12.8. The van der Waals surface area contributed by atoms with Crippen LogP contribution in [0.1, 0.15) is 41.7 Å². The van der Waals surface area contributed by atoms with E-state index in [2.05, 4.69) is 5.32 Å². The maximum Gasteiger partial charge on any atom is 0.376 e. The molecule has 1 aromatic heterocycles. The van der Waals surface area contributed by atoms with Crippen LogP contribution in [-0.2, 0) is 14.6 Å². The van der Waals surface area contributed by atoms with Gasteiger partial charge in [-0.2, -0.15) is 0 Å². The van der Waals surface area contributed by atoms with Crippen LogP contribution in [0.4, 0.5) is 5.69 Å². The van der Waals surface area contributed by atoms with E-state index in [-0.39, 0.29) is 28.5 Å². The number of para-hydroxylation sites is 1. The predicted octanol–water partition coefficient (Wildman–Crippen LogP) is 4.04. The lowest BCUT2D eigenvalue weighted by atomic mass is 10.2. The normalized spacial score (nSPS) is 11.6. The molecule has 0 saturated carbocycles. The van der Waals surface area contributed by atoms with Crippen molar-refractivity contribution < 1.29 is 27.2 Å². The standard InChI is InChI=1S/C21H21NO6S/c1-4-27-21(24)19-18(16-10-5-6-11-17(16)28-19)22-20(23)14-8-7-9-15(12-14)29(25,26)13(2)3/h5-13H,4H2,1-3H3,(H,22,23). The van der Waals surface area contributed by atoms with Gasteiger partial charge in [-0.1, -0.05) is 18.2 Å². The fourth-order valence-electron chi connectivity index (χ4n) is 2.78. The van der Waals surface area contributed by atoms with Crippen LogP contribution in [0.2, 0.25) is 0 Å². The quantitative estimate of drug-likeness (QED) is 0.610. The number of rotatable bonds is 6. The van der Waals surface area contributed by atoms with Crippen molar-refractivity contribution in [3.63, 3.8) is 0 Å². The summed E-state index contributed by atoms with van der Waals surface area (Å²) < 4.78 is 35.4. The first kappa shape index (κ1) is 20.6. The van der Waals surface area contributed by atoms with Gasteiger partial charge in [0.1, 0.15) is 11.3 Å². The molecule has 3 rings (SSSR count). The monoisotopic (exact) mass is 415 g/mol. The Bertz CT molecular complexity index is 1180. The van der Waals surface area contributed by atoms with E-state index >= 15 is 0 Å². The zero-order valence-electron chi connectivity index (χ0n) is 16.3. The predicted molar refractivity (Wildman–Crippen MR) is 109 cm³/mol. The van der Waals surface area contributed by atoms with E-state index in [9.17, 15) is 18.0 Å². The Morgan fingerprint density at radius 3 is 2.52 bits per heavy atom. The first-order valence-electron chi connectivity index (χ1n) is 9.09. The van der Waals surface area contributed by atoms with Gasteiger partial charge in [0, 0.05) is 10.9 Å². The third-order valence-corrected chi connectivity index (χ3v) is 6.49. The van der Waals surface area contributed by atoms with E-state index in [1.807, 2.05) is 0 Å². The maximum absolute atomic E-state index is 12.8. The van der Waals surface area contributed by atoms with Gasteiger partial charge in [0.05, 0.1) is 16.8 Å². The lowest BCUT2D eigenvalue weighted by molar-refractivity contribution is 0.0494. The lowest BCUT2D eigenvalue weighted by Crippen LogP contribution is -2.17. The second-order valence-corrected chi connectivity index (χ2v) is 9.10. The molecular weight excluding hydrogens is 394 g/mol. The van der Waals surface area contributed by atoms with Crippen molar-refractivity contribution >= 4 is 38.4 Å². The molecule has 2 aromatic carbocycles. The van der Waals surface area contributed by atoms with Gasteiger partial charge in [0.15, 0.2) is 9.84 Å². The zero-order chi connectivity index (χ0) is 21.2. The molecule has 7 nitrogen and oxygen atoms in total. The van der Waals surface area contributed by atoms with Crippen LogP contribution in [0.25, 0.3) is 11.0 Å². The topological polar surface area (TPSA) is 103 Å². The van der Waals surface area contributed by atoms with Gasteiger partial charge in [0.2, 0.25) is 5.76 Å². The van der Waals surface area contributed by atoms with Crippen molar-refractivity contribution in [2.45, 2.75) is 30.9 Å². The molecule has 0 atom stereocenters. The van der Waals surface area contributed by atoms with Crippen molar-refractivity contribution in [2.75, 3.05) is 11.9 Å². The average Bonchev–Trinajstić information content (AvgIpc) is 3.07. The van der Waals surface area contributed by atoms with Gasteiger partial charge in [0.25, 0.3) is 5.91 Å². The second kappa shape index (κ2) is 8.08. The van der Waals surface area contributed by atoms with Gasteiger partial charge >= 0.3 is 5.97 Å². The largest absolute Gasteiger partial charge is 0.460 e. The van der Waals surface area contributed by atoms with Crippen LogP contribution in [0, 0.1) is 0 Å². The average molecular weight is 415 g/mol. The highest BCUT2D eigenvalue weighted by atomic mass is 32.2. The SMILES string of the molecule is CCOC(=O)c1oc2ccccc2c1NC(=O)c1cccc(S(=O)(=O)C(C)C)c1. The van der Waals surface area contributed by atoms with E-state index in [0.717, 1.165) is 0 Å². The number of carbonyl (C=O) groups excluding carboxylic acids is 2. The Kier molecular flexibility index (Phi) is 5.74. The molecule has 152 valence electrons. The molecule has 0 radical (unpaired) electrons. The Labute approximate surface area is 168 Å². The lowest BCUT2D eigenvalue weighted by Gasteiger charge is -2.10. The van der Waals surface area contributed by atoms with E-state index in [4.69, 9.17) is 9.15 Å². The highest BCUT2D eigenvalue weighted by molar-refractivity contribution is 7.92. The third-order valence-electron chi connectivity index (χ3n) is 4.34. The van der Waals surface area contributed by atoms with E-state index in [1.54, 1.807) is 45.0 Å². The van der Waals surface area contributed by atoms with Crippen LogP contribution in [-0.4, -0.2) is 32.2 Å². The summed E-state index contributed by atoms with van der Waals surface area (Å²) in [5.41, 5.74) is 0.745. The van der Waals surface area contributed by atoms with Crippen molar-refractivity contribution in [1.29, 1.82) is 0 Å². The molecular formula is C21H21NO6S. The number of sulfone groups is 1. The van der Waals surface area contributed by atoms with Gasteiger partial charge < -0.3 is 14.5 Å². The van der Waals surface area contributed by atoms with E-state index in [1.165, 1.54) is 24.3 Å². The number of hydrogen-bond acceptors (Lipinski definition) is 6. The van der Waals surface area contributed by atoms with Crippen molar-refractivity contribution in [1.82, 2.24) is 0 Å². The second-order valence-electron chi connectivity index (χ2n) is 6.60. The van der Waals surface area contributed by atoms with E-state index in [0.29, 0.717) is 11.0 Å². The molecule has 0 unspecified atom stereocenters. The molecule has 0 bridgehead atoms. The first-order chi connectivity index (χ1) is 13.8. The summed E-state index contributed by atoms with van der Waals surface area (Å²) in [6.07, 6.45) is 0. The van der Waals surface area contributed by atoms with Gasteiger partial charge in [-0.25, -0.2) is 13.2 Å². The van der Waals surface area contributed by atoms with Gasteiger partial charge in [-0.3, -0.25) is 4.79 Å². The molecule has 0 fully saturated rings. The Hall–Kier alpha value is -3.13. The number of anilines is 1. The highest BCUT2D eigenvalue weighted by Gasteiger charge is 2.25. The number of nitrogens with one attached hydrogen (secondary N) is 1. The van der Waals surface area contributed by atoms with Crippen LogP contribution < -0.4 is 5.32 Å². The fraction of sp³-hybridized carbons (Fsp3) is 0.238. The molecule has 8 heteroatoms. The van der Waals surface area contributed by atoms with Gasteiger partial charge in [-0.15, -0.1) is 0 Å². The number of fused-ring (bicyclic) bond motifs is 1. The first-order valence-corrected chi connectivity index (χ1v) is 10.6. The summed E-state index contributed by atoms with van der Waals surface area (Å²) >= 11 is 0. The number of amides is 1. The van der Waals surface area contributed by atoms with Crippen molar-refractivity contribution in [2.24, 2.45) is 0 Å². The summed E-state index contributed by atoms with van der Waals surface area (Å²) in [4.78, 5) is 25.2. The molecule has 29 heavy (non-hydrogen) atoms. The summed E-state index contributed by atoms with van der Waals surface area (Å²) in [6.45, 7) is 4.97. The fourth-order valence-corrected chi connectivity index (χ4v) is 3.89. The van der Waals surface area contributed by atoms with Gasteiger partial charge in [-0.05, 0) is 51.1 Å². The van der Waals surface area contributed by atoms with E-state index < -0.39 is 27.0 Å². The van der Waals surface area contributed by atoms with Crippen LogP contribution >= 0.6 is 0 Å². The minimum atomic E-state index is -3.53. The zero-order valence-corrected chi connectivity index (χ0v) is 17.1. The molecule has 3 aromatic rings. The van der Waals surface area contributed by atoms with Crippen molar-refractivity contribution in [3.8, 4) is 0 Å². The number of ether oxygens (including phenoxy) is 1. The molecule has 1 amide bonds. The minimum Gasteiger partial charge on any atom is -0.460 e. The Balaban J connectivity index is 2.01. The summed E-state index contributed by atoms with van der Waals surface area (Å²) in [5, 5.41) is 2.59. The van der Waals surface area contributed by atoms with Crippen LogP contribution in [0.3, 0.4) is 0 Å². The Morgan fingerprint density at radius 2 is 1.83 bits per heavy atom. The van der Waals surface area contributed by atoms with Crippen LogP contribution in [0.15, 0.2) is 57.8 Å². The Morgan fingerprint density at radius 1 is 1.10 bits per heavy atom. The third kappa shape index (κ3) is 4.02. The smallest absolute Gasteiger partial charge is 0.376 e. The number of carbonyl (C=O) groups is 2. The molecule has 0 spiro atoms. The molecule has 1 heterocycles. The summed E-state index contributed by atoms with van der Waals surface area (Å²) in [5.74, 6) is -1.38. The highest BCUT2D eigenvalue weighted by Crippen LogP contribution is 2.32. The molecule has 0 aliphatic rings. The summed E-state index contributed by atoms with van der Waals surface area (Å²) in [7, 11) is -3.53. The minimum absolute atomic E-state index is 0.0582. The number of benzene rings is 2. The molecule has 0 saturated heterocycles. The molecule has 0 aliphatic carbocycles. The summed E-state index contributed by atoms with van der Waals surface area (Å²) in [6, 6.07) is 12.6. The number of hydrogen-bond donors (Lipinski definition) is 1. The molecule has 0 aliphatic heterocycles. The molecule has 1 N–H and O–H groups in total. The van der Waals surface area contributed by atoms with Crippen molar-refractivity contribution in [3.05, 3.63) is 59.9 Å². The van der Waals surface area contributed by atoms with Crippen LogP contribution in [0.5, 0.6) is 0 Å². The number of furan rings is 1.